The number of benzene rings is 1. The molecule has 1 aliphatic rings. The van der Waals surface area contributed by atoms with Crippen LogP contribution < -0.4 is 0 Å². The van der Waals surface area contributed by atoms with E-state index in [4.69, 9.17) is 0 Å². The Morgan fingerprint density at radius 2 is 2.23 bits per heavy atom. The van der Waals surface area contributed by atoms with Crippen LogP contribution in [0, 0.1) is 0 Å². The lowest BCUT2D eigenvalue weighted by molar-refractivity contribution is 0.0698. The van der Waals surface area contributed by atoms with Crippen molar-refractivity contribution in [1.82, 2.24) is 4.98 Å². The molecule has 0 saturated carbocycles. The number of hydrogen-bond donors (Lipinski definition) is 4. The van der Waals surface area contributed by atoms with Crippen LogP contribution in [0.5, 0.6) is 0 Å². The highest BCUT2D eigenvalue weighted by molar-refractivity contribution is 9.10. The molecule has 1 atom stereocenters. The Morgan fingerprint density at radius 3 is 2.91 bits per heavy atom. The first-order valence-corrected chi connectivity index (χ1v) is 10.2. The van der Waals surface area contributed by atoms with Gasteiger partial charge in [0.25, 0.3) is 0 Å². The van der Waals surface area contributed by atoms with Crippen molar-refractivity contribution in [2.75, 3.05) is 17.4 Å². The lowest BCUT2D eigenvalue weighted by Gasteiger charge is -2.32. The molecule has 0 bridgehead atoms. The molecule has 1 unspecified atom stereocenters. The van der Waals surface area contributed by atoms with Gasteiger partial charge in [-0.25, -0.2) is 4.79 Å². The van der Waals surface area contributed by atoms with E-state index in [0.29, 0.717) is 21.5 Å². The normalized spacial score (nSPS) is 22.5. The molecule has 1 aliphatic heterocycles. The summed E-state index contributed by atoms with van der Waals surface area (Å²) in [4.78, 5) is 14.4. The fourth-order valence-electron chi connectivity index (χ4n) is 3.32. The number of thiol groups is 1. The van der Waals surface area contributed by atoms with E-state index in [0.717, 1.165) is 23.8 Å². The van der Waals surface area contributed by atoms with Crippen LogP contribution in [0.2, 0.25) is 0 Å². The summed E-state index contributed by atoms with van der Waals surface area (Å²) >= 11 is 3.36. The Labute approximate surface area is 137 Å². The van der Waals surface area contributed by atoms with E-state index in [2.05, 4.69) is 20.9 Å². The number of aromatic carboxylic acids is 1. The topological polar surface area (TPSA) is 90.4 Å². The van der Waals surface area contributed by atoms with Crippen LogP contribution in [0.4, 0.5) is 0 Å². The number of fused-ring (bicyclic) bond motifs is 1. The second-order valence-electron chi connectivity index (χ2n) is 5.87. The third-order valence-corrected chi connectivity index (χ3v) is 7.60. The van der Waals surface area contributed by atoms with Crippen molar-refractivity contribution in [2.45, 2.75) is 18.8 Å². The van der Waals surface area contributed by atoms with Crippen LogP contribution in [-0.2, 0) is 9.93 Å². The average Bonchev–Trinajstić information content (AvgIpc) is 2.90. The Hall–Kier alpha value is -1.18. The molecule has 5 nitrogen and oxygen atoms in total. The minimum Gasteiger partial charge on any atom is -0.478 e. The Kier molecular flexibility index (Phi) is 4.13. The number of hydrogen-bond acceptors (Lipinski definition) is 3. The zero-order chi connectivity index (χ0) is 15.9. The largest absolute Gasteiger partial charge is 0.478 e. The highest BCUT2D eigenvalue weighted by Crippen LogP contribution is 2.37. The highest BCUT2D eigenvalue weighted by Gasteiger charge is 2.29. The summed E-state index contributed by atoms with van der Waals surface area (Å²) in [6, 6.07) is 3.47. The number of H-pyrrole nitrogens is 1. The Balaban J connectivity index is 2.09. The summed E-state index contributed by atoms with van der Waals surface area (Å²) in [6.07, 6.45) is 3.56. The van der Waals surface area contributed by atoms with Gasteiger partial charge in [-0.05, 0) is 36.5 Å². The maximum Gasteiger partial charge on any atom is 0.337 e. The van der Waals surface area contributed by atoms with Gasteiger partial charge in [0.05, 0.1) is 17.0 Å². The number of aliphatic hydroxyl groups excluding tert-OH is 1. The van der Waals surface area contributed by atoms with Gasteiger partial charge in [-0.15, -0.1) is 0 Å². The first-order valence-electron chi connectivity index (χ1n) is 7.15. The predicted octanol–water partition coefficient (Wildman–Crippen LogP) is 2.47. The third kappa shape index (κ3) is 2.73. The monoisotopic (exact) mass is 387 g/mol. The van der Waals surface area contributed by atoms with Gasteiger partial charge in [-0.2, -0.15) is 0 Å². The van der Waals surface area contributed by atoms with Crippen LogP contribution in [0.3, 0.4) is 0 Å². The van der Waals surface area contributed by atoms with Gasteiger partial charge in [0, 0.05) is 27.6 Å². The van der Waals surface area contributed by atoms with Crippen molar-refractivity contribution in [1.29, 1.82) is 0 Å². The van der Waals surface area contributed by atoms with Gasteiger partial charge in [-0.3, -0.25) is 4.21 Å². The molecule has 22 heavy (non-hydrogen) atoms. The first kappa shape index (κ1) is 15.7. The minimum atomic E-state index is -2.50. The van der Waals surface area contributed by atoms with E-state index in [1.165, 1.54) is 0 Å². The van der Waals surface area contributed by atoms with Crippen LogP contribution in [0.15, 0.2) is 22.8 Å². The van der Waals surface area contributed by atoms with Gasteiger partial charge in [0.1, 0.15) is 0 Å². The van der Waals surface area contributed by atoms with Crippen molar-refractivity contribution in [3.05, 3.63) is 33.9 Å². The zero-order valence-corrected chi connectivity index (χ0v) is 14.4. The number of rotatable bonds is 3. The molecule has 3 N–H and O–H groups in total. The fourth-order valence-corrected chi connectivity index (χ4v) is 6.16. The van der Waals surface area contributed by atoms with Gasteiger partial charge in [0.2, 0.25) is 0 Å². The Bertz CT molecular complexity index is 785. The smallest absolute Gasteiger partial charge is 0.337 e. The van der Waals surface area contributed by atoms with E-state index in [1.54, 1.807) is 6.07 Å². The van der Waals surface area contributed by atoms with Gasteiger partial charge in [-0.1, -0.05) is 25.9 Å². The van der Waals surface area contributed by atoms with Gasteiger partial charge < -0.3 is 15.2 Å². The van der Waals surface area contributed by atoms with Gasteiger partial charge >= 0.3 is 5.97 Å². The van der Waals surface area contributed by atoms with E-state index in [1.807, 2.05) is 12.3 Å². The third-order valence-electron chi connectivity index (χ3n) is 4.39. The SMILES string of the molecule is O=C(O)c1cc(Br)cc2c(C3CCC[SH](=O)(CO)C3)c[nH]c12. The highest BCUT2D eigenvalue weighted by atomic mass is 79.9. The molecular weight excluding hydrogens is 370 g/mol. The second-order valence-corrected chi connectivity index (χ2v) is 10.00. The average molecular weight is 388 g/mol. The van der Waals surface area contributed by atoms with Crippen molar-refractivity contribution in [2.24, 2.45) is 0 Å². The summed E-state index contributed by atoms with van der Waals surface area (Å²) < 4.78 is 13.2. The van der Waals surface area contributed by atoms with Crippen molar-refractivity contribution >= 4 is 42.7 Å². The number of aliphatic hydroxyl groups is 1. The second kappa shape index (κ2) is 5.79. The fraction of sp³-hybridized carbons (Fsp3) is 0.400. The molecule has 0 spiro atoms. The number of carbonyl (C=O) groups is 1. The molecule has 120 valence electrons. The maximum absolute atomic E-state index is 12.5. The molecule has 2 aromatic rings. The lowest BCUT2D eigenvalue weighted by atomic mass is 9.95. The van der Waals surface area contributed by atoms with E-state index in [-0.39, 0.29) is 17.4 Å². The maximum atomic E-state index is 12.5. The summed E-state index contributed by atoms with van der Waals surface area (Å²) in [5, 5.41) is 19.6. The van der Waals surface area contributed by atoms with Gasteiger partial charge in [0.15, 0.2) is 0 Å². The number of nitrogens with one attached hydrogen (secondary N) is 1. The van der Waals surface area contributed by atoms with Crippen molar-refractivity contribution < 1.29 is 19.2 Å². The van der Waals surface area contributed by atoms with Crippen molar-refractivity contribution in [3.8, 4) is 0 Å². The molecule has 1 fully saturated rings. The van der Waals surface area contributed by atoms with E-state index >= 15 is 0 Å². The van der Waals surface area contributed by atoms with Crippen LogP contribution in [-0.4, -0.2) is 42.8 Å². The van der Waals surface area contributed by atoms with Crippen LogP contribution >= 0.6 is 15.9 Å². The molecule has 7 heteroatoms. The summed E-state index contributed by atoms with van der Waals surface area (Å²) in [7, 11) is -2.50. The molecule has 0 radical (unpaired) electrons. The molecule has 1 aromatic heterocycles. The lowest BCUT2D eigenvalue weighted by Crippen LogP contribution is -2.32. The van der Waals surface area contributed by atoms with Crippen molar-refractivity contribution in [3.63, 3.8) is 0 Å². The minimum absolute atomic E-state index is 0.0939. The summed E-state index contributed by atoms with van der Waals surface area (Å²) in [6.45, 7) is 0. The molecule has 1 aromatic carbocycles. The molecule has 3 rings (SSSR count). The summed E-state index contributed by atoms with van der Waals surface area (Å²) in [5.74, 6) is -0.0333. The summed E-state index contributed by atoms with van der Waals surface area (Å²) in [5.41, 5.74) is 1.80. The first-order chi connectivity index (χ1) is 10.4. The number of aromatic nitrogens is 1. The Morgan fingerprint density at radius 1 is 1.45 bits per heavy atom. The standard InChI is InChI=1S/C15H18BrNO4S/c16-10-4-11-13(6-17-14(11)12(5-10)15(19)20)9-2-1-3-22(21,7-9)8-18/h4-6,9,17-18,22H,1-3,7-8H2,(H,19,20). The molecule has 2 heterocycles. The van der Waals surface area contributed by atoms with Crippen LogP contribution in [0.1, 0.15) is 34.7 Å². The number of aromatic amines is 1. The molecule has 0 amide bonds. The molecule has 1 saturated heterocycles. The number of halogens is 1. The number of carboxylic acids is 1. The zero-order valence-electron chi connectivity index (χ0n) is 11.9. The predicted molar refractivity (Wildman–Crippen MR) is 91.3 cm³/mol. The van der Waals surface area contributed by atoms with Crippen LogP contribution in [0.25, 0.3) is 10.9 Å². The quantitative estimate of drug-likeness (QED) is 0.608. The molecular formula is C15H18BrNO4S. The number of carboxylic acid groups (broad SMARTS) is 1. The molecule has 0 aliphatic carbocycles. The van der Waals surface area contributed by atoms with E-state index in [9.17, 15) is 19.2 Å². The van der Waals surface area contributed by atoms with E-state index < -0.39 is 15.9 Å².